The number of nitrogens with zero attached hydrogens (tertiary/aromatic N) is 3. The molecule has 1 aliphatic heterocycles. The molecule has 2 N–H and O–H groups in total. The van der Waals surface area contributed by atoms with Crippen LogP contribution in [0.5, 0.6) is 0 Å². The van der Waals surface area contributed by atoms with Gasteiger partial charge >= 0.3 is 0 Å². The van der Waals surface area contributed by atoms with Gasteiger partial charge in [-0.2, -0.15) is 5.26 Å². The second kappa shape index (κ2) is 8.09. The average Bonchev–Trinajstić information content (AvgIpc) is 2.94. The van der Waals surface area contributed by atoms with Gasteiger partial charge in [0.15, 0.2) is 0 Å². The molecule has 3 heterocycles. The number of fused-ring (bicyclic) bond motifs is 1. The molecule has 1 atom stereocenters. The summed E-state index contributed by atoms with van der Waals surface area (Å²) in [6, 6.07) is 7.75. The van der Waals surface area contributed by atoms with Crippen LogP contribution in [0.2, 0.25) is 0 Å². The van der Waals surface area contributed by atoms with E-state index in [1.54, 1.807) is 12.3 Å². The number of aryl methyl sites for hydroxylation is 1. The van der Waals surface area contributed by atoms with Crippen molar-refractivity contribution in [1.29, 1.82) is 5.26 Å². The summed E-state index contributed by atoms with van der Waals surface area (Å²) in [6.45, 7) is 7.87. The molecule has 0 radical (unpaired) electrons. The van der Waals surface area contributed by atoms with E-state index in [2.05, 4.69) is 33.2 Å². The molecule has 0 aliphatic carbocycles. The van der Waals surface area contributed by atoms with Gasteiger partial charge in [0.05, 0.1) is 6.04 Å². The minimum absolute atomic E-state index is 0.121. The van der Waals surface area contributed by atoms with Crippen molar-refractivity contribution in [3.63, 3.8) is 0 Å². The molecule has 0 spiro atoms. The highest BCUT2D eigenvalue weighted by atomic mass is 16.1. The quantitative estimate of drug-likeness (QED) is 0.629. The smallest absolute Gasteiger partial charge is 0.262 e. The van der Waals surface area contributed by atoms with E-state index in [-0.39, 0.29) is 17.5 Å². The van der Waals surface area contributed by atoms with E-state index in [1.807, 2.05) is 32.0 Å². The summed E-state index contributed by atoms with van der Waals surface area (Å²) < 4.78 is 2.22. The number of anilines is 1. The molecule has 0 aromatic carbocycles. The Kier molecular flexibility index (Phi) is 5.60. The number of pyridine rings is 1. The minimum atomic E-state index is -0.348. The first-order chi connectivity index (χ1) is 13.0. The van der Waals surface area contributed by atoms with Crippen molar-refractivity contribution >= 4 is 17.8 Å². The summed E-state index contributed by atoms with van der Waals surface area (Å²) in [6.07, 6.45) is 5.21. The third kappa shape index (κ3) is 3.87. The van der Waals surface area contributed by atoms with E-state index in [4.69, 9.17) is 0 Å². The monoisotopic (exact) mass is 363 g/mol. The summed E-state index contributed by atoms with van der Waals surface area (Å²) in [5.41, 5.74) is 4.20. The number of hydrogen-bond donors (Lipinski definition) is 2. The number of hydrogen-bond acceptors (Lipinski definition) is 4. The lowest BCUT2D eigenvalue weighted by molar-refractivity contribution is -0.117. The van der Waals surface area contributed by atoms with Crippen LogP contribution in [0.1, 0.15) is 48.3 Å². The number of carbonyl (C=O) groups is 1. The zero-order chi connectivity index (χ0) is 19.4. The first-order valence-corrected chi connectivity index (χ1v) is 9.33. The van der Waals surface area contributed by atoms with Gasteiger partial charge in [-0.05, 0) is 50.5 Å². The molecule has 6 heteroatoms. The van der Waals surface area contributed by atoms with Crippen LogP contribution in [0.25, 0.3) is 6.08 Å². The standard InChI is InChI=1S/C21H25N5O/c1-4-10-26-14(2)11-16(15(26)3)12-17(13-22)21(27)25-19-7-9-24-20-18(19)6-5-8-23-20/h5-6,8,11-12,19H,4,7,9-10H2,1-3H3,(H,23,24)(H,25,27)/b17-12+. The van der Waals surface area contributed by atoms with Gasteiger partial charge in [-0.1, -0.05) is 13.0 Å². The van der Waals surface area contributed by atoms with Crippen molar-refractivity contribution in [2.24, 2.45) is 0 Å². The van der Waals surface area contributed by atoms with Gasteiger partial charge in [-0.3, -0.25) is 4.79 Å². The third-order valence-corrected chi connectivity index (χ3v) is 4.97. The van der Waals surface area contributed by atoms with Gasteiger partial charge < -0.3 is 15.2 Å². The normalized spacial score (nSPS) is 16.2. The zero-order valence-electron chi connectivity index (χ0n) is 16.0. The maximum absolute atomic E-state index is 12.7. The summed E-state index contributed by atoms with van der Waals surface area (Å²) in [7, 11) is 0. The molecule has 1 amide bonds. The fraction of sp³-hybridized carbons (Fsp3) is 0.381. The van der Waals surface area contributed by atoms with E-state index in [0.717, 1.165) is 54.3 Å². The van der Waals surface area contributed by atoms with Gasteiger partial charge in [0.25, 0.3) is 5.91 Å². The molecular formula is C21H25N5O. The van der Waals surface area contributed by atoms with Crippen LogP contribution in [-0.4, -0.2) is 22.0 Å². The molecule has 0 bridgehead atoms. The number of rotatable bonds is 5. The highest BCUT2D eigenvalue weighted by molar-refractivity contribution is 6.02. The first-order valence-electron chi connectivity index (χ1n) is 9.33. The average molecular weight is 363 g/mol. The lowest BCUT2D eigenvalue weighted by Gasteiger charge is -2.26. The molecule has 1 aliphatic rings. The molecule has 0 saturated carbocycles. The van der Waals surface area contributed by atoms with Crippen molar-refractivity contribution in [2.75, 3.05) is 11.9 Å². The summed E-state index contributed by atoms with van der Waals surface area (Å²) >= 11 is 0. The van der Waals surface area contributed by atoms with Crippen molar-refractivity contribution in [2.45, 2.75) is 46.2 Å². The van der Waals surface area contributed by atoms with E-state index < -0.39 is 0 Å². The number of carbonyl (C=O) groups excluding carboxylic acids is 1. The Labute approximate surface area is 159 Å². The van der Waals surface area contributed by atoms with E-state index >= 15 is 0 Å². The van der Waals surface area contributed by atoms with Crippen LogP contribution in [0.3, 0.4) is 0 Å². The van der Waals surface area contributed by atoms with Crippen molar-refractivity contribution < 1.29 is 4.79 Å². The first kappa shape index (κ1) is 18.7. The lowest BCUT2D eigenvalue weighted by atomic mass is 10.0. The van der Waals surface area contributed by atoms with E-state index in [9.17, 15) is 10.1 Å². The molecule has 2 aromatic heterocycles. The Morgan fingerprint density at radius 3 is 3.07 bits per heavy atom. The van der Waals surface area contributed by atoms with E-state index in [1.165, 1.54) is 0 Å². The molecule has 0 saturated heterocycles. The second-order valence-electron chi connectivity index (χ2n) is 6.83. The zero-order valence-corrected chi connectivity index (χ0v) is 16.0. The van der Waals surface area contributed by atoms with Crippen LogP contribution in [0, 0.1) is 25.2 Å². The molecular weight excluding hydrogens is 338 g/mol. The fourth-order valence-corrected chi connectivity index (χ4v) is 3.57. The Balaban J connectivity index is 1.83. The Hall–Kier alpha value is -3.07. The maximum atomic E-state index is 12.7. The van der Waals surface area contributed by atoms with Crippen LogP contribution >= 0.6 is 0 Å². The molecule has 1 unspecified atom stereocenters. The summed E-state index contributed by atoms with van der Waals surface area (Å²) in [5, 5.41) is 15.8. The topological polar surface area (TPSA) is 82.7 Å². The fourth-order valence-electron chi connectivity index (χ4n) is 3.57. The maximum Gasteiger partial charge on any atom is 0.262 e. The van der Waals surface area contributed by atoms with Crippen LogP contribution in [0.4, 0.5) is 5.82 Å². The molecule has 3 rings (SSSR count). The number of amides is 1. The van der Waals surface area contributed by atoms with E-state index in [0.29, 0.717) is 0 Å². The highest BCUT2D eigenvalue weighted by Crippen LogP contribution is 2.28. The predicted molar refractivity (Wildman–Crippen MR) is 106 cm³/mol. The Bertz CT molecular complexity index is 919. The van der Waals surface area contributed by atoms with Gasteiger partial charge in [-0.15, -0.1) is 0 Å². The highest BCUT2D eigenvalue weighted by Gasteiger charge is 2.23. The van der Waals surface area contributed by atoms with Gasteiger partial charge in [-0.25, -0.2) is 4.98 Å². The van der Waals surface area contributed by atoms with Crippen LogP contribution < -0.4 is 10.6 Å². The van der Waals surface area contributed by atoms with Gasteiger partial charge in [0, 0.05) is 36.2 Å². The predicted octanol–water partition coefficient (Wildman–Crippen LogP) is 3.49. The molecule has 0 fully saturated rings. The molecule has 140 valence electrons. The Morgan fingerprint density at radius 2 is 2.33 bits per heavy atom. The molecule has 27 heavy (non-hydrogen) atoms. The largest absolute Gasteiger partial charge is 0.370 e. The van der Waals surface area contributed by atoms with Gasteiger partial charge in [0.2, 0.25) is 0 Å². The third-order valence-electron chi connectivity index (χ3n) is 4.97. The molecule has 6 nitrogen and oxygen atoms in total. The minimum Gasteiger partial charge on any atom is -0.370 e. The number of nitrogens with one attached hydrogen (secondary N) is 2. The Morgan fingerprint density at radius 1 is 1.52 bits per heavy atom. The summed E-state index contributed by atoms with van der Waals surface area (Å²) in [5.74, 6) is 0.444. The summed E-state index contributed by atoms with van der Waals surface area (Å²) in [4.78, 5) is 17.0. The number of nitriles is 1. The van der Waals surface area contributed by atoms with Gasteiger partial charge in [0.1, 0.15) is 17.5 Å². The van der Waals surface area contributed by atoms with Crippen LogP contribution in [0.15, 0.2) is 30.0 Å². The van der Waals surface area contributed by atoms with Crippen LogP contribution in [-0.2, 0) is 11.3 Å². The lowest BCUT2D eigenvalue weighted by Crippen LogP contribution is -2.33. The van der Waals surface area contributed by atoms with Crippen molar-refractivity contribution in [3.8, 4) is 6.07 Å². The SMILES string of the molecule is CCCn1c(C)cc(/C=C(\C#N)C(=O)NC2CCNc3ncccc32)c1C. The van der Waals surface area contributed by atoms with Crippen molar-refractivity contribution in [1.82, 2.24) is 14.9 Å². The number of aromatic nitrogens is 2. The van der Waals surface area contributed by atoms with Crippen molar-refractivity contribution in [3.05, 3.63) is 52.5 Å². The second-order valence-corrected chi connectivity index (χ2v) is 6.83. The molecule has 2 aromatic rings.